The molecule has 0 bridgehead atoms. The highest BCUT2D eigenvalue weighted by Gasteiger charge is 2.36. The number of piperazine rings is 1. The molecule has 3 rings (SSSR count). The normalized spacial score (nSPS) is 18.3. The van der Waals surface area contributed by atoms with Crippen LogP contribution in [-0.2, 0) is 9.59 Å². The standard InChI is InChI=1S/C23H26ClN5O3/c1-6-22(31)28-11-14(3)29(15(4)30)20(12-28)16-8-19(27-21(24)10-16)18-9-17(23(32)25-5)7-13(2)26-18/h6-10,14,20H,1,11-12H2,2-5H3,(H,25,32)/t14-,20-/m0/s1. The van der Waals surface area contributed by atoms with E-state index in [0.717, 1.165) is 5.56 Å². The highest BCUT2D eigenvalue weighted by Crippen LogP contribution is 2.32. The van der Waals surface area contributed by atoms with Gasteiger partial charge in [0, 0.05) is 44.4 Å². The number of carbonyl (C=O) groups is 3. The molecule has 1 aliphatic rings. The Hall–Kier alpha value is -3.26. The van der Waals surface area contributed by atoms with E-state index in [9.17, 15) is 14.4 Å². The third-order valence-electron chi connectivity index (χ3n) is 5.44. The first-order valence-corrected chi connectivity index (χ1v) is 10.6. The fourth-order valence-electron chi connectivity index (χ4n) is 4.11. The Labute approximate surface area is 192 Å². The molecular weight excluding hydrogens is 430 g/mol. The largest absolute Gasteiger partial charge is 0.355 e. The van der Waals surface area contributed by atoms with Crippen molar-refractivity contribution in [3.05, 3.63) is 58.9 Å². The molecule has 168 valence electrons. The average molecular weight is 456 g/mol. The summed E-state index contributed by atoms with van der Waals surface area (Å²) >= 11 is 6.36. The van der Waals surface area contributed by atoms with E-state index < -0.39 is 6.04 Å². The number of aryl methyl sites for hydroxylation is 1. The van der Waals surface area contributed by atoms with Gasteiger partial charge in [0.2, 0.25) is 11.8 Å². The predicted octanol–water partition coefficient (Wildman–Crippen LogP) is 2.77. The Bertz CT molecular complexity index is 1090. The van der Waals surface area contributed by atoms with Crippen LogP contribution < -0.4 is 5.32 Å². The van der Waals surface area contributed by atoms with E-state index in [0.29, 0.717) is 35.7 Å². The first-order valence-electron chi connectivity index (χ1n) is 10.2. The topological polar surface area (TPSA) is 95.5 Å². The first-order chi connectivity index (χ1) is 15.1. The fraction of sp³-hybridized carbons (Fsp3) is 0.348. The van der Waals surface area contributed by atoms with Gasteiger partial charge in [0.25, 0.3) is 5.91 Å². The van der Waals surface area contributed by atoms with E-state index in [-0.39, 0.29) is 28.9 Å². The molecule has 0 aromatic carbocycles. The Morgan fingerprint density at radius 3 is 2.47 bits per heavy atom. The van der Waals surface area contributed by atoms with E-state index in [1.54, 1.807) is 48.0 Å². The van der Waals surface area contributed by atoms with Crippen molar-refractivity contribution in [3.8, 4) is 11.4 Å². The van der Waals surface area contributed by atoms with Gasteiger partial charge in [0.05, 0.1) is 17.4 Å². The van der Waals surface area contributed by atoms with Crippen LogP contribution in [0.3, 0.4) is 0 Å². The Morgan fingerprint density at radius 1 is 1.16 bits per heavy atom. The zero-order valence-corrected chi connectivity index (χ0v) is 19.3. The molecule has 8 nitrogen and oxygen atoms in total. The summed E-state index contributed by atoms with van der Waals surface area (Å²) in [6, 6.07) is 6.22. The summed E-state index contributed by atoms with van der Waals surface area (Å²) in [5, 5.41) is 2.83. The minimum Gasteiger partial charge on any atom is -0.355 e. The number of rotatable bonds is 4. The maximum absolute atomic E-state index is 12.5. The second kappa shape index (κ2) is 9.48. The predicted molar refractivity (Wildman–Crippen MR) is 122 cm³/mol. The molecule has 1 N–H and O–H groups in total. The Balaban J connectivity index is 2.09. The molecule has 9 heteroatoms. The zero-order chi connectivity index (χ0) is 23.6. The van der Waals surface area contributed by atoms with Crippen molar-refractivity contribution in [2.45, 2.75) is 32.9 Å². The second-order valence-electron chi connectivity index (χ2n) is 7.81. The van der Waals surface area contributed by atoms with E-state index in [4.69, 9.17) is 11.6 Å². The van der Waals surface area contributed by atoms with Gasteiger partial charge in [-0.15, -0.1) is 0 Å². The fourth-order valence-corrected chi connectivity index (χ4v) is 4.32. The quantitative estimate of drug-likeness (QED) is 0.565. The Morgan fingerprint density at radius 2 is 1.84 bits per heavy atom. The van der Waals surface area contributed by atoms with Gasteiger partial charge in [-0.2, -0.15) is 0 Å². The number of nitrogens with one attached hydrogen (secondary N) is 1. The zero-order valence-electron chi connectivity index (χ0n) is 18.6. The molecule has 2 aromatic rings. The van der Waals surface area contributed by atoms with E-state index >= 15 is 0 Å². The van der Waals surface area contributed by atoms with Crippen LogP contribution in [0.1, 0.15) is 41.5 Å². The van der Waals surface area contributed by atoms with Crippen molar-refractivity contribution >= 4 is 29.3 Å². The van der Waals surface area contributed by atoms with Crippen LogP contribution in [0.5, 0.6) is 0 Å². The van der Waals surface area contributed by atoms with Gasteiger partial charge in [-0.05, 0) is 49.8 Å². The lowest BCUT2D eigenvalue weighted by atomic mass is 9.98. The Kier molecular flexibility index (Phi) is 6.93. The summed E-state index contributed by atoms with van der Waals surface area (Å²) in [4.78, 5) is 49.3. The molecular formula is C23H26ClN5O3. The first kappa shape index (κ1) is 23.4. The van der Waals surface area contributed by atoms with Gasteiger partial charge < -0.3 is 15.1 Å². The molecule has 1 aliphatic heterocycles. The average Bonchev–Trinajstić information content (AvgIpc) is 2.76. The number of nitrogens with zero attached hydrogens (tertiary/aromatic N) is 4. The van der Waals surface area contributed by atoms with Crippen LogP contribution in [0.2, 0.25) is 5.15 Å². The van der Waals surface area contributed by atoms with Crippen LogP contribution in [0, 0.1) is 6.92 Å². The van der Waals surface area contributed by atoms with Crippen molar-refractivity contribution in [1.82, 2.24) is 25.1 Å². The number of carbonyl (C=O) groups excluding carboxylic acids is 3. The highest BCUT2D eigenvalue weighted by molar-refractivity contribution is 6.29. The molecule has 1 saturated heterocycles. The molecule has 2 atom stereocenters. The number of amides is 3. The van der Waals surface area contributed by atoms with Crippen molar-refractivity contribution < 1.29 is 14.4 Å². The lowest BCUT2D eigenvalue weighted by molar-refractivity contribution is -0.143. The van der Waals surface area contributed by atoms with Crippen molar-refractivity contribution in [2.75, 3.05) is 20.1 Å². The van der Waals surface area contributed by atoms with Gasteiger partial charge in [0.15, 0.2) is 0 Å². The van der Waals surface area contributed by atoms with Crippen LogP contribution in [-0.4, -0.2) is 63.7 Å². The smallest absolute Gasteiger partial charge is 0.251 e. The van der Waals surface area contributed by atoms with Gasteiger partial charge in [-0.3, -0.25) is 19.4 Å². The highest BCUT2D eigenvalue weighted by atomic mass is 35.5. The molecule has 3 amide bonds. The molecule has 3 heterocycles. The minimum absolute atomic E-state index is 0.0988. The van der Waals surface area contributed by atoms with Crippen LogP contribution in [0.25, 0.3) is 11.4 Å². The van der Waals surface area contributed by atoms with Crippen LogP contribution in [0.4, 0.5) is 0 Å². The summed E-state index contributed by atoms with van der Waals surface area (Å²) in [5.74, 6) is -0.527. The summed E-state index contributed by atoms with van der Waals surface area (Å²) in [7, 11) is 1.56. The lowest BCUT2D eigenvalue weighted by Gasteiger charge is -2.45. The molecule has 0 aliphatic carbocycles. The number of pyridine rings is 2. The van der Waals surface area contributed by atoms with Gasteiger partial charge in [-0.1, -0.05) is 18.2 Å². The number of aromatic nitrogens is 2. The van der Waals surface area contributed by atoms with Crippen LogP contribution >= 0.6 is 11.6 Å². The molecule has 1 fully saturated rings. The minimum atomic E-state index is -0.414. The SMILES string of the molecule is C=CC(=O)N1C[C@H](C)N(C(C)=O)[C@H](c2cc(Cl)nc(-c3cc(C(=O)NC)cc(C)n3)c2)C1. The van der Waals surface area contributed by atoms with E-state index in [1.807, 2.05) is 6.92 Å². The molecule has 0 spiro atoms. The van der Waals surface area contributed by atoms with Crippen LogP contribution in [0.15, 0.2) is 36.9 Å². The molecule has 0 unspecified atom stereocenters. The summed E-state index contributed by atoms with van der Waals surface area (Å²) in [5.41, 5.74) is 2.81. The van der Waals surface area contributed by atoms with Crippen molar-refractivity contribution in [1.29, 1.82) is 0 Å². The third kappa shape index (κ3) is 4.80. The summed E-state index contributed by atoms with van der Waals surface area (Å²) in [6.45, 7) is 9.50. The number of hydrogen-bond donors (Lipinski definition) is 1. The van der Waals surface area contributed by atoms with Gasteiger partial charge >= 0.3 is 0 Å². The lowest BCUT2D eigenvalue weighted by Crippen LogP contribution is -2.56. The van der Waals surface area contributed by atoms with Gasteiger partial charge in [-0.25, -0.2) is 4.98 Å². The maximum atomic E-state index is 12.5. The van der Waals surface area contributed by atoms with Crippen molar-refractivity contribution in [2.24, 2.45) is 0 Å². The summed E-state index contributed by atoms with van der Waals surface area (Å²) < 4.78 is 0. The summed E-state index contributed by atoms with van der Waals surface area (Å²) in [6.07, 6.45) is 1.27. The number of halogens is 1. The molecule has 32 heavy (non-hydrogen) atoms. The maximum Gasteiger partial charge on any atom is 0.251 e. The van der Waals surface area contributed by atoms with Crippen molar-refractivity contribution in [3.63, 3.8) is 0 Å². The molecule has 0 radical (unpaired) electrons. The second-order valence-corrected chi connectivity index (χ2v) is 8.20. The van der Waals surface area contributed by atoms with E-state index in [1.165, 1.54) is 13.0 Å². The van der Waals surface area contributed by atoms with E-state index in [2.05, 4.69) is 21.9 Å². The number of hydrogen-bond acceptors (Lipinski definition) is 5. The molecule has 0 saturated carbocycles. The van der Waals surface area contributed by atoms with Gasteiger partial charge in [0.1, 0.15) is 5.15 Å². The monoisotopic (exact) mass is 455 g/mol. The molecule has 2 aromatic heterocycles. The third-order valence-corrected chi connectivity index (χ3v) is 5.64.